The van der Waals surface area contributed by atoms with E-state index in [9.17, 15) is 0 Å². The van der Waals surface area contributed by atoms with Crippen LogP contribution in [-0.4, -0.2) is 29.7 Å². The monoisotopic (exact) mass is 141 g/mol. The highest BCUT2D eigenvalue weighted by Crippen LogP contribution is 2.16. The van der Waals surface area contributed by atoms with Gasteiger partial charge in [-0.15, -0.1) is 0 Å². The third-order valence-electron chi connectivity index (χ3n) is 2.21. The molecular formula is C8H17N2. The van der Waals surface area contributed by atoms with Crippen LogP contribution in [0.25, 0.3) is 0 Å². The molecule has 1 atom stereocenters. The van der Waals surface area contributed by atoms with Crippen LogP contribution in [0.5, 0.6) is 0 Å². The predicted molar refractivity (Wildman–Crippen MR) is 43.1 cm³/mol. The van der Waals surface area contributed by atoms with E-state index in [1.165, 1.54) is 25.8 Å². The number of rotatable bonds is 1. The zero-order valence-electron chi connectivity index (χ0n) is 7.01. The second kappa shape index (κ2) is 3.35. The van der Waals surface area contributed by atoms with E-state index >= 15 is 0 Å². The zero-order chi connectivity index (χ0) is 7.56. The summed E-state index contributed by atoms with van der Waals surface area (Å²) in [5.74, 6) is 0. The van der Waals surface area contributed by atoms with Crippen molar-refractivity contribution in [3.63, 3.8) is 0 Å². The molecule has 0 bridgehead atoms. The lowest BCUT2D eigenvalue weighted by Crippen LogP contribution is -2.45. The van der Waals surface area contributed by atoms with E-state index in [0.717, 1.165) is 0 Å². The molecule has 0 amide bonds. The number of hydrazine groups is 1. The number of hydrogen-bond donors (Lipinski definition) is 0. The van der Waals surface area contributed by atoms with Gasteiger partial charge in [0, 0.05) is 26.7 Å². The Labute approximate surface area is 63.8 Å². The van der Waals surface area contributed by atoms with Gasteiger partial charge >= 0.3 is 0 Å². The van der Waals surface area contributed by atoms with E-state index in [1.807, 2.05) is 12.1 Å². The first-order valence-corrected chi connectivity index (χ1v) is 4.02. The Bertz CT molecular complexity index is 101. The molecule has 0 N–H and O–H groups in total. The lowest BCUT2D eigenvalue weighted by molar-refractivity contribution is -0.0178. The van der Waals surface area contributed by atoms with Crippen molar-refractivity contribution < 1.29 is 0 Å². The molecule has 1 unspecified atom stereocenters. The van der Waals surface area contributed by atoms with Gasteiger partial charge in [0.15, 0.2) is 0 Å². The largest absolute Gasteiger partial charge is 0.243 e. The maximum absolute atomic E-state index is 3.87. The van der Waals surface area contributed by atoms with Crippen molar-refractivity contribution in [2.75, 3.05) is 13.6 Å². The molecule has 0 saturated carbocycles. The topological polar surface area (TPSA) is 6.48 Å². The van der Waals surface area contributed by atoms with Gasteiger partial charge in [-0.25, -0.2) is 10.0 Å². The van der Waals surface area contributed by atoms with Gasteiger partial charge in [-0.1, -0.05) is 6.42 Å². The van der Waals surface area contributed by atoms with Crippen molar-refractivity contribution in [3.8, 4) is 0 Å². The quantitative estimate of drug-likeness (QED) is 0.546. The van der Waals surface area contributed by atoms with Crippen molar-refractivity contribution in [2.45, 2.75) is 32.2 Å². The average Bonchev–Trinajstić information content (AvgIpc) is 1.88. The molecule has 1 aliphatic rings. The van der Waals surface area contributed by atoms with E-state index in [2.05, 4.69) is 19.0 Å². The molecule has 1 radical (unpaired) electrons. The molecule has 2 nitrogen and oxygen atoms in total. The Morgan fingerprint density at radius 2 is 2.20 bits per heavy atom. The Hall–Kier alpha value is -0.0800. The summed E-state index contributed by atoms with van der Waals surface area (Å²) in [6.07, 6.45) is 4.02. The highest BCUT2D eigenvalue weighted by Gasteiger charge is 2.18. The van der Waals surface area contributed by atoms with Crippen molar-refractivity contribution in [2.24, 2.45) is 0 Å². The van der Waals surface area contributed by atoms with Gasteiger partial charge < -0.3 is 0 Å². The summed E-state index contributed by atoms with van der Waals surface area (Å²) >= 11 is 0. The SMILES string of the molecule is [CH2]N(C)N1CCCCC1C. The first kappa shape index (κ1) is 8.02. The van der Waals surface area contributed by atoms with Crippen molar-refractivity contribution in [1.82, 2.24) is 10.0 Å². The smallest absolute Gasteiger partial charge is 0.0272 e. The number of piperidine rings is 1. The second-order valence-corrected chi connectivity index (χ2v) is 3.17. The van der Waals surface area contributed by atoms with Gasteiger partial charge in [0.2, 0.25) is 0 Å². The predicted octanol–water partition coefficient (Wildman–Crippen LogP) is 1.50. The summed E-state index contributed by atoms with van der Waals surface area (Å²) in [5.41, 5.74) is 0. The standard InChI is InChI=1S/C8H17N2/c1-8-6-4-5-7-10(8)9(2)3/h8H,2,4-7H2,1,3H3. The minimum atomic E-state index is 0.691. The molecule has 0 spiro atoms. The van der Waals surface area contributed by atoms with Crippen molar-refractivity contribution >= 4 is 0 Å². The van der Waals surface area contributed by atoms with E-state index in [-0.39, 0.29) is 0 Å². The highest BCUT2D eigenvalue weighted by atomic mass is 15.6. The van der Waals surface area contributed by atoms with Crippen molar-refractivity contribution in [1.29, 1.82) is 0 Å². The molecule has 1 saturated heterocycles. The van der Waals surface area contributed by atoms with E-state index in [0.29, 0.717) is 6.04 Å². The van der Waals surface area contributed by atoms with Crippen LogP contribution >= 0.6 is 0 Å². The fraction of sp³-hybridized carbons (Fsp3) is 0.875. The maximum atomic E-state index is 3.87. The molecule has 2 heteroatoms. The second-order valence-electron chi connectivity index (χ2n) is 3.17. The molecule has 0 aliphatic carbocycles. The maximum Gasteiger partial charge on any atom is 0.0272 e. The minimum absolute atomic E-state index is 0.691. The fourth-order valence-electron chi connectivity index (χ4n) is 1.59. The molecule has 10 heavy (non-hydrogen) atoms. The molecule has 1 aliphatic heterocycles. The van der Waals surface area contributed by atoms with Crippen LogP contribution in [0.15, 0.2) is 0 Å². The summed E-state index contributed by atoms with van der Waals surface area (Å²) in [5, 5.41) is 4.29. The van der Waals surface area contributed by atoms with E-state index in [1.54, 1.807) is 0 Å². The molecular weight excluding hydrogens is 124 g/mol. The summed E-state index contributed by atoms with van der Waals surface area (Å²) < 4.78 is 0. The number of nitrogens with zero attached hydrogens (tertiary/aromatic N) is 2. The van der Waals surface area contributed by atoms with Crippen LogP contribution in [0, 0.1) is 7.05 Å². The normalized spacial score (nSPS) is 29.4. The Morgan fingerprint density at radius 3 is 2.60 bits per heavy atom. The Kier molecular flexibility index (Phi) is 2.69. The average molecular weight is 141 g/mol. The van der Waals surface area contributed by atoms with Gasteiger partial charge in [-0.3, -0.25) is 0 Å². The van der Waals surface area contributed by atoms with Crippen LogP contribution < -0.4 is 0 Å². The Balaban J connectivity index is 2.40. The summed E-state index contributed by atoms with van der Waals surface area (Å²) in [6.45, 7) is 3.45. The van der Waals surface area contributed by atoms with Gasteiger partial charge in [-0.05, 0) is 19.8 Å². The lowest BCUT2D eigenvalue weighted by Gasteiger charge is -2.37. The Morgan fingerprint density at radius 1 is 1.50 bits per heavy atom. The number of hydrogen-bond acceptors (Lipinski definition) is 2. The van der Waals surface area contributed by atoms with Gasteiger partial charge in [0.25, 0.3) is 0 Å². The van der Waals surface area contributed by atoms with Crippen LogP contribution in [0.4, 0.5) is 0 Å². The molecule has 0 aromatic heterocycles. The van der Waals surface area contributed by atoms with Crippen molar-refractivity contribution in [3.05, 3.63) is 7.05 Å². The van der Waals surface area contributed by atoms with E-state index < -0.39 is 0 Å². The lowest BCUT2D eigenvalue weighted by atomic mass is 10.1. The molecule has 0 aromatic rings. The zero-order valence-corrected chi connectivity index (χ0v) is 7.01. The van der Waals surface area contributed by atoms with E-state index in [4.69, 9.17) is 0 Å². The molecule has 0 aromatic carbocycles. The first-order chi connectivity index (χ1) is 4.72. The minimum Gasteiger partial charge on any atom is -0.243 e. The molecule has 1 fully saturated rings. The molecule has 1 rings (SSSR count). The third-order valence-corrected chi connectivity index (χ3v) is 2.21. The van der Waals surface area contributed by atoms with Gasteiger partial charge in [0.05, 0.1) is 0 Å². The van der Waals surface area contributed by atoms with Gasteiger partial charge in [-0.2, -0.15) is 0 Å². The van der Waals surface area contributed by atoms with Crippen LogP contribution in [0.1, 0.15) is 26.2 Å². The summed E-state index contributed by atoms with van der Waals surface area (Å²) in [7, 11) is 5.89. The summed E-state index contributed by atoms with van der Waals surface area (Å²) in [4.78, 5) is 0. The van der Waals surface area contributed by atoms with Gasteiger partial charge in [0.1, 0.15) is 0 Å². The molecule has 1 heterocycles. The first-order valence-electron chi connectivity index (χ1n) is 4.02. The third kappa shape index (κ3) is 1.70. The fourth-order valence-corrected chi connectivity index (χ4v) is 1.59. The highest BCUT2D eigenvalue weighted by molar-refractivity contribution is 4.69. The van der Waals surface area contributed by atoms with Crippen LogP contribution in [-0.2, 0) is 0 Å². The summed E-state index contributed by atoms with van der Waals surface area (Å²) in [6, 6.07) is 0.691. The van der Waals surface area contributed by atoms with Crippen LogP contribution in [0.2, 0.25) is 0 Å². The molecule has 59 valence electrons. The van der Waals surface area contributed by atoms with Crippen LogP contribution in [0.3, 0.4) is 0 Å².